The molecule has 0 rings (SSSR count). The minimum atomic E-state index is -4.81. The second-order valence-corrected chi connectivity index (χ2v) is 21.5. The number of carbonyl (C=O) groups excluding carboxylic acids is 2. The fourth-order valence-electron chi connectivity index (χ4n) is 7.03. The Bertz CT molecular complexity index is 1640. The van der Waals surface area contributed by atoms with E-state index in [4.69, 9.17) is 18.5 Å². The van der Waals surface area contributed by atoms with E-state index in [-0.39, 0.29) is 12.8 Å². The maximum atomic E-state index is 12.2. The summed E-state index contributed by atoms with van der Waals surface area (Å²) in [5.41, 5.74) is 0. The van der Waals surface area contributed by atoms with Crippen molar-refractivity contribution < 1.29 is 71.4 Å². The maximum absolute atomic E-state index is 12.2. The Morgan fingerprint density at radius 3 is 0.973 bits per heavy atom. The summed E-state index contributed by atoms with van der Waals surface area (Å²) in [5.74, 6) is -1.04. The van der Waals surface area contributed by atoms with Crippen LogP contribution in [0, 0.1) is 0 Å². The Balaban J connectivity index is 3.88. The number of hydrogen-bond donors (Lipinski definition) is 5. The van der Waals surface area contributed by atoms with Crippen molar-refractivity contribution in [1.82, 2.24) is 0 Å². The molecule has 0 bridgehead atoms. The molecule has 5 N–H and O–H groups in total. The normalized spacial score (nSPS) is 15.4. The van der Waals surface area contributed by atoms with Gasteiger partial charge >= 0.3 is 27.6 Å². The number of unbranched alkanes of at least 4 members (excludes halogenated alkanes) is 19. The fraction of sp³-hybridized carbons (Fsp3) is 0.719. The number of rotatable bonds is 53. The zero-order valence-electron chi connectivity index (χ0n) is 45.5. The van der Waals surface area contributed by atoms with Gasteiger partial charge in [-0.1, -0.05) is 189 Å². The number of phosphoric ester groups is 2. The van der Waals surface area contributed by atoms with Crippen molar-refractivity contribution in [2.24, 2.45) is 0 Å². The fourth-order valence-corrected chi connectivity index (χ4v) is 8.63. The first kappa shape index (κ1) is 71.2. The number of carbonyl (C=O) groups is 2. The van der Waals surface area contributed by atoms with E-state index >= 15 is 0 Å². The quantitative estimate of drug-likeness (QED) is 0.0165. The van der Waals surface area contributed by atoms with Gasteiger partial charge in [0.15, 0.2) is 0 Å². The third-order valence-electron chi connectivity index (χ3n) is 11.3. The van der Waals surface area contributed by atoms with Gasteiger partial charge < -0.3 is 34.6 Å². The molecule has 0 saturated heterocycles. The lowest BCUT2D eigenvalue weighted by atomic mass is 10.0. The number of phosphoric acid groups is 2. The highest BCUT2D eigenvalue weighted by molar-refractivity contribution is 7.47. The number of aliphatic hydroxyl groups is 3. The molecule has 428 valence electrons. The van der Waals surface area contributed by atoms with Gasteiger partial charge in [0, 0.05) is 12.8 Å². The second-order valence-electron chi connectivity index (χ2n) is 18.6. The monoisotopic (exact) mass is 1090 g/mol. The van der Waals surface area contributed by atoms with Gasteiger partial charge in [-0.3, -0.25) is 27.7 Å². The summed E-state index contributed by atoms with van der Waals surface area (Å²) in [6.45, 7) is 0.267. The first-order valence-electron chi connectivity index (χ1n) is 27.9. The Hall–Kier alpha value is -2.78. The molecular formula is C57H100O15P2. The van der Waals surface area contributed by atoms with Gasteiger partial charge in [0.2, 0.25) is 0 Å². The molecule has 0 spiro atoms. The predicted octanol–water partition coefficient (Wildman–Crippen LogP) is 14.1. The van der Waals surface area contributed by atoms with Gasteiger partial charge in [-0.05, 0) is 89.9 Å². The van der Waals surface area contributed by atoms with Crippen LogP contribution in [0.3, 0.4) is 0 Å². The van der Waals surface area contributed by atoms with Crippen LogP contribution in [0.1, 0.15) is 206 Å². The summed E-state index contributed by atoms with van der Waals surface area (Å²) in [6.07, 6.45) is 57.1. The second kappa shape index (κ2) is 52.3. The van der Waals surface area contributed by atoms with Crippen LogP contribution in [0.5, 0.6) is 0 Å². The Kier molecular flexibility index (Phi) is 50.3. The smallest absolute Gasteiger partial charge is 0.463 e. The van der Waals surface area contributed by atoms with Crippen molar-refractivity contribution in [3.05, 3.63) is 85.1 Å². The largest absolute Gasteiger partial charge is 0.472 e. The molecule has 0 aliphatic heterocycles. The Morgan fingerprint density at radius 1 is 0.365 bits per heavy atom. The van der Waals surface area contributed by atoms with Crippen LogP contribution in [0.2, 0.25) is 0 Å². The van der Waals surface area contributed by atoms with Crippen LogP contribution >= 0.6 is 15.6 Å². The van der Waals surface area contributed by atoms with E-state index in [0.29, 0.717) is 12.8 Å². The van der Waals surface area contributed by atoms with Gasteiger partial charge in [0.05, 0.1) is 26.4 Å². The molecule has 0 aromatic rings. The van der Waals surface area contributed by atoms with Crippen LogP contribution in [0.15, 0.2) is 85.1 Å². The number of esters is 2. The molecule has 0 aliphatic rings. The van der Waals surface area contributed by atoms with E-state index in [9.17, 15) is 43.8 Å². The third-order valence-corrected chi connectivity index (χ3v) is 13.2. The molecule has 0 radical (unpaired) electrons. The van der Waals surface area contributed by atoms with Crippen molar-refractivity contribution in [2.75, 3.05) is 39.6 Å². The lowest BCUT2D eigenvalue weighted by molar-refractivity contribution is -0.148. The van der Waals surface area contributed by atoms with Crippen LogP contribution in [-0.2, 0) is 46.3 Å². The molecular weight excluding hydrogens is 987 g/mol. The highest BCUT2D eigenvalue weighted by Gasteiger charge is 2.28. The molecule has 5 atom stereocenters. The molecule has 0 heterocycles. The minimum absolute atomic E-state index is 0.137. The van der Waals surface area contributed by atoms with Gasteiger partial charge in [0.25, 0.3) is 0 Å². The summed E-state index contributed by atoms with van der Waals surface area (Å²) >= 11 is 0. The summed E-state index contributed by atoms with van der Waals surface area (Å²) in [5, 5.41) is 30.1. The van der Waals surface area contributed by atoms with E-state index < -0.39 is 85.5 Å². The summed E-state index contributed by atoms with van der Waals surface area (Å²) in [6, 6.07) is 0. The van der Waals surface area contributed by atoms with Gasteiger partial charge in [-0.15, -0.1) is 0 Å². The number of aliphatic hydroxyl groups excluding tert-OH is 3. The van der Waals surface area contributed by atoms with Crippen molar-refractivity contribution in [3.63, 3.8) is 0 Å². The van der Waals surface area contributed by atoms with Crippen LogP contribution < -0.4 is 0 Å². The molecule has 15 nitrogen and oxygen atoms in total. The Morgan fingerprint density at radius 2 is 0.622 bits per heavy atom. The topological polar surface area (TPSA) is 225 Å². The van der Waals surface area contributed by atoms with Gasteiger partial charge in [-0.25, -0.2) is 9.13 Å². The van der Waals surface area contributed by atoms with E-state index in [1.54, 1.807) is 0 Å². The van der Waals surface area contributed by atoms with E-state index in [1.165, 1.54) is 96.3 Å². The molecule has 5 unspecified atom stereocenters. The van der Waals surface area contributed by atoms with Gasteiger partial charge in [-0.2, -0.15) is 0 Å². The average molecular weight is 1090 g/mol. The van der Waals surface area contributed by atoms with Gasteiger partial charge in [0.1, 0.15) is 31.5 Å². The number of allylic oxidation sites excluding steroid dienone is 14. The van der Waals surface area contributed by atoms with Crippen molar-refractivity contribution >= 4 is 27.6 Å². The van der Waals surface area contributed by atoms with Crippen molar-refractivity contribution in [3.8, 4) is 0 Å². The molecule has 0 aromatic carbocycles. The van der Waals surface area contributed by atoms with Crippen LogP contribution in [0.25, 0.3) is 0 Å². The molecule has 0 amide bonds. The molecule has 17 heteroatoms. The lowest BCUT2D eigenvalue weighted by Crippen LogP contribution is -2.25. The highest BCUT2D eigenvalue weighted by atomic mass is 31.2. The number of hydrogen-bond acceptors (Lipinski definition) is 13. The van der Waals surface area contributed by atoms with Crippen molar-refractivity contribution in [2.45, 2.75) is 225 Å². The SMILES string of the molecule is CC/C=C\C/C=C\C/C=C\C/C=C\C/C=C\C/C=C\CCCCC(=O)OCC(O)COP(=O)(O)OCC(O)COP(=O)(O)OCC(O)COC(=O)CCCCCCCCCCCCC/C=C/CCCCCCCC. The van der Waals surface area contributed by atoms with Crippen LogP contribution in [0.4, 0.5) is 0 Å². The van der Waals surface area contributed by atoms with E-state index in [1.807, 2.05) is 0 Å². The first-order valence-corrected chi connectivity index (χ1v) is 30.9. The zero-order chi connectivity index (χ0) is 54.5. The molecule has 0 aromatic heterocycles. The summed E-state index contributed by atoms with van der Waals surface area (Å²) in [7, 11) is -9.60. The van der Waals surface area contributed by atoms with Crippen LogP contribution in [-0.4, -0.2) is 95.0 Å². The highest BCUT2D eigenvalue weighted by Crippen LogP contribution is 2.45. The standard InChI is InChI=1S/C57H100O15P2/c1-3-5-7-9-11-13-15-17-19-21-23-25-27-29-31-33-35-37-39-41-43-45-56(61)67-47-53(58)49-69-73(63,64)71-51-55(60)52-72-74(65,66)70-50-54(59)48-68-57(62)46-44-42-40-38-36-34-32-30-28-26-24-22-20-18-16-14-12-10-8-6-4-2/h5,7,11,13,17-20,23,25,29,31,35,37,53-55,58-60H,3-4,6,8-10,12,14-16,21-22,24,26-28,30,32-34,36,38-52H2,1-2H3,(H,63,64)(H,65,66)/b7-5-,13-11-,19-17-,20-18+,25-23-,31-29-,37-35-. The number of ether oxygens (including phenoxy) is 2. The third kappa shape index (κ3) is 54.0. The van der Waals surface area contributed by atoms with Crippen molar-refractivity contribution in [1.29, 1.82) is 0 Å². The summed E-state index contributed by atoms with van der Waals surface area (Å²) in [4.78, 5) is 43.9. The zero-order valence-corrected chi connectivity index (χ0v) is 47.3. The molecule has 74 heavy (non-hydrogen) atoms. The predicted molar refractivity (Wildman–Crippen MR) is 297 cm³/mol. The molecule has 0 fully saturated rings. The average Bonchev–Trinajstić information content (AvgIpc) is 3.38. The minimum Gasteiger partial charge on any atom is -0.463 e. The summed E-state index contributed by atoms with van der Waals surface area (Å²) < 4.78 is 53.2. The van der Waals surface area contributed by atoms with E-state index in [0.717, 1.165) is 70.6 Å². The maximum Gasteiger partial charge on any atom is 0.472 e. The lowest BCUT2D eigenvalue weighted by Gasteiger charge is -2.19. The Labute approximate surface area is 446 Å². The molecule has 0 aliphatic carbocycles. The van der Waals surface area contributed by atoms with E-state index in [2.05, 4.69) is 108 Å². The molecule has 0 saturated carbocycles. The first-order chi connectivity index (χ1) is 35.8.